The van der Waals surface area contributed by atoms with E-state index in [9.17, 15) is 14.7 Å². The average Bonchev–Trinajstić information content (AvgIpc) is 3.15. The van der Waals surface area contributed by atoms with Gasteiger partial charge in [-0.05, 0) is 26.3 Å². The van der Waals surface area contributed by atoms with Crippen molar-refractivity contribution in [1.82, 2.24) is 9.13 Å². The first kappa shape index (κ1) is 19.1. The van der Waals surface area contributed by atoms with Gasteiger partial charge in [0.1, 0.15) is 18.3 Å². The molecule has 150 valence electrons. The molecule has 0 radical (unpaired) electrons. The zero-order chi connectivity index (χ0) is 20.1. The molecule has 2 aliphatic heterocycles. The third kappa shape index (κ3) is 3.12. The molecule has 5 atom stereocenters. The van der Waals surface area contributed by atoms with Crippen LogP contribution in [0.3, 0.4) is 0 Å². The van der Waals surface area contributed by atoms with Gasteiger partial charge in [0.2, 0.25) is 0 Å². The van der Waals surface area contributed by atoms with Gasteiger partial charge >= 0.3 is 5.69 Å². The molecule has 0 saturated carbocycles. The van der Waals surface area contributed by atoms with Gasteiger partial charge in [-0.25, -0.2) is 4.79 Å². The molecule has 0 bridgehead atoms. The Hall–Kier alpha value is -2.26. The normalized spacial score (nSPS) is 29.6. The minimum Gasteiger partial charge on any atom is -0.394 e. The average molecular weight is 388 g/mol. The Bertz CT molecular complexity index is 967. The third-order valence-electron chi connectivity index (χ3n) is 5.29. The van der Waals surface area contributed by atoms with Crippen LogP contribution in [0.25, 0.3) is 0 Å². The number of aliphatic hydroxyl groups excluding tert-OH is 1. The van der Waals surface area contributed by atoms with E-state index in [-0.39, 0.29) is 6.61 Å². The number of rotatable bonds is 4. The van der Waals surface area contributed by atoms with Crippen molar-refractivity contribution in [3.63, 3.8) is 0 Å². The van der Waals surface area contributed by atoms with Crippen molar-refractivity contribution in [3.8, 4) is 0 Å². The van der Waals surface area contributed by atoms with Gasteiger partial charge in [0.05, 0.1) is 12.6 Å². The molecule has 0 spiro atoms. The second-order valence-electron chi connectivity index (χ2n) is 7.61. The van der Waals surface area contributed by atoms with Crippen molar-refractivity contribution < 1.29 is 19.3 Å². The van der Waals surface area contributed by atoms with E-state index in [0.29, 0.717) is 0 Å². The predicted molar refractivity (Wildman–Crippen MR) is 100 cm³/mol. The topological polar surface area (TPSA) is 91.9 Å². The minimum absolute atomic E-state index is 0.258. The van der Waals surface area contributed by atoms with Crippen LogP contribution in [-0.4, -0.2) is 44.9 Å². The SMILES string of the molecule is CC(c1ccccc1)n1c(=O)ccn([C@@H]2O[C@H](CO)[C@H]3OC(C)(C)O[C@H]32)c1=O. The maximum atomic E-state index is 13.2. The molecule has 0 aliphatic carbocycles. The molecule has 1 unspecified atom stereocenters. The van der Waals surface area contributed by atoms with Crippen molar-refractivity contribution in [1.29, 1.82) is 0 Å². The first-order valence-electron chi connectivity index (χ1n) is 9.33. The Balaban J connectivity index is 1.76. The number of aromatic nitrogens is 2. The summed E-state index contributed by atoms with van der Waals surface area (Å²) in [5, 5.41) is 9.65. The zero-order valence-electron chi connectivity index (χ0n) is 16.0. The molecule has 2 aliphatic rings. The van der Waals surface area contributed by atoms with E-state index in [1.54, 1.807) is 20.8 Å². The molecule has 8 nitrogen and oxygen atoms in total. The molecule has 2 aromatic rings. The molecule has 2 fully saturated rings. The molecule has 4 rings (SSSR count). The Morgan fingerprint density at radius 3 is 2.46 bits per heavy atom. The first-order valence-corrected chi connectivity index (χ1v) is 9.33. The Kier molecular flexibility index (Phi) is 4.75. The third-order valence-corrected chi connectivity index (χ3v) is 5.29. The van der Waals surface area contributed by atoms with Gasteiger partial charge in [-0.15, -0.1) is 0 Å². The highest BCUT2D eigenvalue weighted by Crippen LogP contribution is 2.42. The monoisotopic (exact) mass is 388 g/mol. The fraction of sp³-hybridized carbons (Fsp3) is 0.500. The van der Waals surface area contributed by atoms with E-state index in [1.807, 2.05) is 30.3 Å². The standard InChI is InChI=1S/C20H24N2O6/c1-12(13-7-5-4-6-8-13)22-15(24)9-10-21(19(22)25)18-17-16(14(11-23)26-18)27-20(2,3)28-17/h4-10,12,14,16-18,23H,11H2,1-3H3/t12?,14-,16-,17-,18-/m1/s1. The zero-order valence-corrected chi connectivity index (χ0v) is 16.0. The summed E-state index contributed by atoms with van der Waals surface area (Å²) >= 11 is 0. The number of benzene rings is 1. The lowest BCUT2D eigenvalue weighted by atomic mass is 10.1. The van der Waals surface area contributed by atoms with Crippen LogP contribution in [0.4, 0.5) is 0 Å². The summed E-state index contributed by atoms with van der Waals surface area (Å²) in [6, 6.07) is 10.2. The molecule has 1 aromatic carbocycles. The van der Waals surface area contributed by atoms with Crippen LogP contribution < -0.4 is 11.2 Å². The summed E-state index contributed by atoms with van der Waals surface area (Å²) in [6.45, 7) is 5.09. The molecule has 8 heteroatoms. The largest absolute Gasteiger partial charge is 0.394 e. The van der Waals surface area contributed by atoms with Crippen LogP contribution in [-0.2, 0) is 14.2 Å². The van der Waals surface area contributed by atoms with E-state index in [2.05, 4.69) is 0 Å². The van der Waals surface area contributed by atoms with Crippen molar-refractivity contribution >= 4 is 0 Å². The summed E-state index contributed by atoms with van der Waals surface area (Å²) in [4.78, 5) is 25.7. The van der Waals surface area contributed by atoms with Crippen LogP contribution in [0.15, 0.2) is 52.2 Å². The lowest BCUT2D eigenvalue weighted by Crippen LogP contribution is -2.44. The Morgan fingerprint density at radius 1 is 1.11 bits per heavy atom. The van der Waals surface area contributed by atoms with E-state index in [0.717, 1.165) is 5.56 Å². The highest BCUT2D eigenvalue weighted by atomic mass is 16.8. The lowest BCUT2D eigenvalue weighted by Gasteiger charge is -2.25. The minimum atomic E-state index is -0.847. The summed E-state index contributed by atoms with van der Waals surface area (Å²) < 4.78 is 20.2. The van der Waals surface area contributed by atoms with Crippen LogP contribution in [0.1, 0.15) is 38.6 Å². The fourth-order valence-electron chi connectivity index (χ4n) is 3.97. The number of fused-ring (bicyclic) bond motifs is 1. The van der Waals surface area contributed by atoms with Crippen molar-refractivity contribution in [2.24, 2.45) is 0 Å². The van der Waals surface area contributed by atoms with Crippen LogP contribution in [0.5, 0.6) is 0 Å². The number of ether oxygens (including phenoxy) is 3. The molecule has 3 heterocycles. The van der Waals surface area contributed by atoms with Crippen molar-refractivity contribution in [2.45, 2.75) is 57.1 Å². The fourth-order valence-corrected chi connectivity index (χ4v) is 3.97. The predicted octanol–water partition coefficient (Wildman–Crippen LogP) is 1.03. The van der Waals surface area contributed by atoms with Gasteiger partial charge in [-0.3, -0.25) is 13.9 Å². The molecule has 1 N–H and O–H groups in total. The summed E-state index contributed by atoms with van der Waals surface area (Å²) in [5.41, 5.74) is -0.0474. The second-order valence-corrected chi connectivity index (χ2v) is 7.61. The smallest absolute Gasteiger partial charge is 0.333 e. The summed E-state index contributed by atoms with van der Waals surface area (Å²) in [6.07, 6.45) is -1.07. The van der Waals surface area contributed by atoms with Gasteiger partial charge in [-0.1, -0.05) is 30.3 Å². The lowest BCUT2D eigenvalue weighted by molar-refractivity contribution is -0.200. The van der Waals surface area contributed by atoms with Gasteiger partial charge in [0, 0.05) is 12.3 Å². The number of nitrogens with zero attached hydrogens (tertiary/aromatic N) is 2. The van der Waals surface area contributed by atoms with Gasteiger partial charge in [0.15, 0.2) is 12.0 Å². The van der Waals surface area contributed by atoms with E-state index in [4.69, 9.17) is 14.2 Å². The molecule has 0 amide bonds. The first-order chi connectivity index (χ1) is 13.3. The Morgan fingerprint density at radius 2 is 1.79 bits per heavy atom. The highest BCUT2D eigenvalue weighted by molar-refractivity contribution is 5.19. The van der Waals surface area contributed by atoms with E-state index >= 15 is 0 Å². The summed E-state index contributed by atoms with van der Waals surface area (Å²) in [5.74, 6) is -0.847. The number of hydrogen-bond donors (Lipinski definition) is 1. The van der Waals surface area contributed by atoms with Crippen molar-refractivity contribution in [3.05, 3.63) is 69.0 Å². The molecule has 2 saturated heterocycles. The van der Waals surface area contributed by atoms with Crippen LogP contribution >= 0.6 is 0 Å². The van der Waals surface area contributed by atoms with Crippen LogP contribution in [0, 0.1) is 0 Å². The number of hydrogen-bond acceptors (Lipinski definition) is 6. The van der Waals surface area contributed by atoms with E-state index in [1.165, 1.54) is 21.4 Å². The van der Waals surface area contributed by atoms with Crippen LogP contribution in [0.2, 0.25) is 0 Å². The summed E-state index contributed by atoms with van der Waals surface area (Å²) in [7, 11) is 0. The highest BCUT2D eigenvalue weighted by Gasteiger charge is 2.56. The maximum Gasteiger partial charge on any atom is 0.333 e. The Labute approximate surface area is 161 Å². The number of aliphatic hydroxyl groups is 1. The maximum absolute atomic E-state index is 13.2. The quantitative estimate of drug-likeness (QED) is 0.841. The molecular weight excluding hydrogens is 364 g/mol. The van der Waals surface area contributed by atoms with Gasteiger partial charge in [0.25, 0.3) is 5.56 Å². The van der Waals surface area contributed by atoms with Gasteiger partial charge < -0.3 is 19.3 Å². The molecular formula is C20H24N2O6. The van der Waals surface area contributed by atoms with Crippen molar-refractivity contribution in [2.75, 3.05) is 6.61 Å². The van der Waals surface area contributed by atoms with Gasteiger partial charge in [-0.2, -0.15) is 0 Å². The van der Waals surface area contributed by atoms with E-state index < -0.39 is 47.6 Å². The molecule has 28 heavy (non-hydrogen) atoms. The second kappa shape index (κ2) is 6.97. The molecule has 1 aromatic heterocycles.